The fourth-order valence-electron chi connectivity index (χ4n) is 7.37. The standard InChI is InChI=1S/C36H40ClN2O4/c1-7-38-26-18-30-28(40-20-42-30)16-24(26)35(3,4)32(38)14-12-22-10-9-11-23(34(22)37)13-15-33-36(5,6)25-17-29-31(43-21-41-29)19-27(25)39(33)8-2/h12-19H,7-11,20-21H2,1-6H3/q+1. The Balaban J connectivity index is 1.21. The lowest BCUT2D eigenvalue weighted by Crippen LogP contribution is -2.27. The SMILES string of the molecule is CCN1/C(=C/C=C2\CCCC(/C=C/C3=[N+](CC)c4cc5c(cc4C3(C)C)OCO5)=C2Cl)C(C)(C)c2cc3c(cc21)OCO3. The van der Waals surface area contributed by atoms with Gasteiger partial charge in [-0.25, -0.2) is 0 Å². The predicted molar refractivity (Wildman–Crippen MR) is 172 cm³/mol. The summed E-state index contributed by atoms with van der Waals surface area (Å²) < 4.78 is 25.2. The number of likely N-dealkylation sites (N-methyl/N-ethyl adjacent to an activating group) is 1. The van der Waals surface area contributed by atoms with Gasteiger partial charge in [-0.15, -0.1) is 0 Å². The van der Waals surface area contributed by atoms with E-state index in [4.69, 9.17) is 30.5 Å². The Kier molecular flexibility index (Phi) is 6.69. The number of nitrogens with zero attached hydrogens (tertiary/aromatic N) is 2. The van der Waals surface area contributed by atoms with Crippen LogP contribution in [0.3, 0.4) is 0 Å². The molecular formula is C36H40ClN2O4+. The molecule has 43 heavy (non-hydrogen) atoms. The molecule has 0 bridgehead atoms. The fourth-order valence-corrected chi connectivity index (χ4v) is 7.68. The molecule has 0 amide bonds. The van der Waals surface area contributed by atoms with Crippen LogP contribution in [0.4, 0.5) is 11.4 Å². The third-order valence-corrected chi connectivity index (χ3v) is 10.2. The molecular weight excluding hydrogens is 560 g/mol. The average Bonchev–Trinajstić information content (AvgIpc) is 3.73. The van der Waals surface area contributed by atoms with Crippen LogP contribution in [0, 0.1) is 0 Å². The van der Waals surface area contributed by atoms with Crippen LogP contribution in [0.15, 0.2) is 70.4 Å². The van der Waals surface area contributed by atoms with Crippen molar-refractivity contribution < 1.29 is 23.5 Å². The molecule has 2 aromatic rings. The zero-order valence-corrected chi connectivity index (χ0v) is 26.7. The van der Waals surface area contributed by atoms with Gasteiger partial charge in [0.2, 0.25) is 19.3 Å². The molecule has 6 nitrogen and oxygen atoms in total. The van der Waals surface area contributed by atoms with Crippen molar-refractivity contribution in [1.29, 1.82) is 0 Å². The molecule has 0 atom stereocenters. The lowest BCUT2D eigenvalue weighted by molar-refractivity contribution is -0.433. The molecule has 0 radical (unpaired) electrons. The Morgan fingerprint density at radius 1 is 0.814 bits per heavy atom. The first-order chi connectivity index (χ1) is 20.6. The van der Waals surface area contributed by atoms with Gasteiger partial charge in [0.05, 0.1) is 11.5 Å². The molecule has 4 aliphatic heterocycles. The predicted octanol–water partition coefficient (Wildman–Crippen LogP) is 8.40. The molecule has 2 aromatic carbocycles. The van der Waals surface area contributed by atoms with Crippen LogP contribution in [-0.2, 0) is 10.8 Å². The number of halogens is 1. The van der Waals surface area contributed by atoms with Crippen molar-refractivity contribution in [2.45, 2.75) is 71.6 Å². The minimum Gasteiger partial charge on any atom is -0.454 e. The first kappa shape index (κ1) is 28.1. The number of fused-ring (bicyclic) bond motifs is 4. The summed E-state index contributed by atoms with van der Waals surface area (Å²) in [5.74, 6) is 3.30. The number of anilines is 1. The van der Waals surface area contributed by atoms with Gasteiger partial charge in [-0.1, -0.05) is 37.6 Å². The van der Waals surface area contributed by atoms with Crippen LogP contribution >= 0.6 is 11.6 Å². The van der Waals surface area contributed by atoms with Gasteiger partial charge in [0, 0.05) is 46.1 Å². The minimum atomic E-state index is -0.170. The van der Waals surface area contributed by atoms with Crippen LogP contribution in [0.25, 0.3) is 0 Å². The van der Waals surface area contributed by atoms with Crippen molar-refractivity contribution in [2.24, 2.45) is 0 Å². The first-order valence-electron chi connectivity index (χ1n) is 15.4. The molecule has 7 heteroatoms. The topological polar surface area (TPSA) is 43.2 Å². The second-order valence-corrected chi connectivity index (χ2v) is 13.2. The zero-order chi connectivity index (χ0) is 30.1. The second-order valence-electron chi connectivity index (χ2n) is 12.8. The van der Waals surface area contributed by atoms with Gasteiger partial charge >= 0.3 is 0 Å². The smallest absolute Gasteiger partial charge is 0.231 e. The van der Waals surface area contributed by atoms with E-state index < -0.39 is 0 Å². The van der Waals surface area contributed by atoms with E-state index in [1.54, 1.807) is 0 Å². The highest BCUT2D eigenvalue weighted by Gasteiger charge is 2.45. The number of allylic oxidation sites excluding steroid dienone is 8. The zero-order valence-electron chi connectivity index (χ0n) is 26.0. The number of ether oxygens (including phenoxy) is 4. The van der Waals surface area contributed by atoms with Gasteiger partial charge in [0.15, 0.2) is 28.7 Å². The molecule has 0 unspecified atom stereocenters. The maximum Gasteiger partial charge on any atom is 0.231 e. The molecule has 224 valence electrons. The van der Waals surface area contributed by atoms with Gasteiger partial charge in [-0.2, -0.15) is 4.58 Å². The highest BCUT2D eigenvalue weighted by Crippen LogP contribution is 2.52. The highest BCUT2D eigenvalue weighted by molar-refractivity contribution is 6.32. The van der Waals surface area contributed by atoms with Crippen LogP contribution < -0.4 is 23.8 Å². The summed E-state index contributed by atoms with van der Waals surface area (Å²) in [6.45, 7) is 15.8. The number of hydrogen-bond acceptors (Lipinski definition) is 5. The monoisotopic (exact) mass is 599 g/mol. The van der Waals surface area contributed by atoms with E-state index in [1.807, 2.05) is 0 Å². The van der Waals surface area contributed by atoms with E-state index in [-0.39, 0.29) is 24.4 Å². The van der Waals surface area contributed by atoms with Crippen LogP contribution in [0.2, 0.25) is 0 Å². The number of rotatable bonds is 5. The van der Waals surface area contributed by atoms with Crippen LogP contribution in [0.1, 0.15) is 71.9 Å². The Hall–Kier alpha value is -3.64. The summed E-state index contributed by atoms with van der Waals surface area (Å²) in [5.41, 5.74) is 9.46. The number of benzene rings is 2. The maximum atomic E-state index is 7.14. The van der Waals surface area contributed by atoms with E-state index in [2.05, 4.69) is 99.6 Å². The fraction of sp³-hybridized carbons (Fsp3) is 0.417. The van der Waals surface area contributed by atoms with Crippen molar-refractivity contribution in [1.82, 2.24) is 0 Å². The van der Waals surface area contributed by atoms with Gasteiger partial charge in [-0.3, -0.25) is 0 Å². The van der Waals surface area contributed by atoms with Gasteiger partial charge in [-0.05, 0) is 81.9 Å². The maximum absolute atomic E-state index is 7.14. The van der Waals surface area contributed by atoms with Gasteiger partial charge in [0.25, 0.3) is 0 Å². The average molecular weight is 600 g/mol. The third kappa shape index (κ3) is 4.32. The molecule has 0 saturated heterocycles. The van der Waals surface area contributed by atoms with Gasteiger partial charge in [0.1, 0.15) is 6.54 Å². The van der Waals surface area contributed by atoms with Crippen LogP contribution in [0.5, 0.6) is 23.0 Å². The largest absolute Gasteiger partial charge is 0.454 e. The Bertz CT molecular complexity index is 1690. The lowest BCUT2D eigenvalue weighted by atomic mass is 9.81. The molecule has 0 fully saturated rings. The minimum absolute atomic E-state index is 0.170. The summed E-state index contributed by atoms with van der Waals surface area (Å²) in [5, 5.41) is 0.870. The summed E-state index contributed by atoms with van der Waals surface area (Å²) in [6, 6.07) is 8.55. The van der Waals surface area contributed by atoms with Crippen molar-refractivity contribution in [3.8, 4) is 23.0 Å². The molecule has 0 aromatic heterocycles. The normalized spacial score (nSPS) is 22.9. The molecule has 7 rings (SSSR count). The summed E-state index contributed by atoms with van der Waals surface area (Å²) >= 11 is 7.14. The summed E-state index contributed by atoms with van der Waals surface area (Å²) in [6.07, 6.45) is 12.0. The van der Waals surface area contributed by atoms with E-state index in [9.17, 15) is 0 Å². The molecule has 0 saturated carbocycles. The highest BCUT2D eigenvalue weighted by atomic mass is 35.5. The van der Waals surface area contributed by atoms with E-state index >= 15 is 0 Å². The summed E-state index contributed by atoms with van der Waals surface area (Å²) in [4.78, 5) is 2.39. The molecule has 0 spiro atoms. The van der Waals surface area contributed by atoms with E-state index in [0.717, 1.165) is 60.4 Å². The van der Waals surface area contributed by atoms with Crippen LogP contribution in [-0.4, -0.2) is 37.0 Å². The lowest BCUT2D eigenvalue weighted by Gasteiger charge is -2.26. The van der Waals surface area contributed by atoms with Crippen molar-refractivity contribution in [3.63, 3.8) is 0 Å². The molecule has 4 heterocycles. The van der Waals surface area contributed by atoms with Crippen molar-refractivity contribution >= 4 is 28.7 Å². The number of hydrogen-bond donors (Lipinski definition) is 0. The third-order valence-electron chi connectivity index (χ3n) is 9.75. The first-order valence-corrected chi connectivity index (χ1v) is 15.8. The van der Waals surface area contributed by atoms with E-state index in [1.165, 1.54) is 45.1 Å². The van der Waals surface area contributed by atoms with Crippen molar-refractivity contribution in [3.05, 3.63) is 81.6 Å². The van der Waals surface area contributed by atoms with E-state index in [0.29, 0.717) is 0 Å². The van der Waals surface area contributed by atoms with Gasteiger partial charge < -0.3 is 23.8 Å². The van der Waals surface area contributed by atoms with Crippen molar-refractivity contribution in [2.75, 3.05) is 31.6 Å². The Morgan fingerprint density at radius 3 is 2.14 bits per heavy atom. The Labute approximate surface area is 259 Å². The quantitative estimate of drug-likeness (QED) is 0.323. The second kappa shape index (κ2) is 10.2. The molecule has 1 aliphatic carbocycles. The molecule has 0 N–H and O–H groups in total. The Morgan fingerprint density at radius 2 is 1.47 bits per heavy atom. The summed E-state index contributed by atoms with van der Waals surface area (Å²) in [7, 11) is 0. The molecule has 5 aliphatic rings.